The molecule has 2 N–H and O–H groups in total. The van der Waals surface area contributed by atoms with Crippen molar-refractivity contribution in [3.63, 3.8) is 0 Å². The van der Waals surface area contributed by atoms with Crippen molar-refractivity contribution >= 4 is 41.5 Å². The molecule has 1 aromatic rings. The Hall–Kier alpha value is -0.600. The molecule has 0 unspecified atom stereocenters. The van der Waals surface area contributed by atoms with Crippen LogP contribution in [0.5, 0.6) is 0 Å². The van der Waals surface area contributed by atoms with Crippen LogP contribution in [0.1, 0.15) is 31.7 Å². The minimum Gasteiger partial charge on any atom is -0.381 e. The summed E-state index contributed by atoms with van der Waals surface area (Å²) in [6.07, 6.45) is 3.19. The Morgan fingerprint density at radius 2 is 2.00 bits per heavy atom. The summed E-state index contributed by atoms with van der Waals surface area (Å²) in [6.45, 7) is 5.05. The van der Waals surface area contributed by atoms with Gasteiger partial charge in [0, 0.05) is 33.4 Å². The summed E-state index contributed by atoms with van der Waals surface area (Å²) in [5, 5.41) is 6.50. The van der Waals surface area contributed by atoms with Crippen molar-refractivity contribution in [1.29, 1.82) is 0 Å². The maximum absolute atomic E-state index is 13.1. The number of ether oxygens (including phenoxy) is 1. The highest BCUT2D eigenvalue weighted by Gasteiger charge is 2.02. The van der Waals surface area contributed by atoms with Crippen molar-refractivity contribution in [2.45, 2.75) is 32.7 Å². The molecule has 23 heavy (non-hydrogen) atoms. The molecule has 0 amide bonds. The van der Waals surface area contributed by atoms with Crippen LogP contribution < -0.4 is 10.6 Å². The standard InChI is InChI=1S/C16H25ClFN3O.HI/c1-3-4-9-22-10-5-8-20-16(19-2)21-12-13-6-7-15(18)14(17)11-13;/h6-7,11H,3-5,8-10,12H2,1-2H3,(H2,19,20,21);1H. The first-order valence-electron chi connectivity index (χ1n) is 7.63. The number of hydrogen-bond donors (Lipinski definition) is 2. The van der Waals surface area contributed by atoms with Crippen LogP contribution in [0.15, 0.2) is 23.2 Å². The van der Waals surface area contributed by atoms with Crippen molar-refractivity contribution in [2.75, 3.05) is 26.8 Å². The van der Waals surface area contributed by atoms with Crippen LogP contribution in [0.4, 0.5) is 4.39 Å². The summed E-state index contributed by atoms with van der Waals surface area (Å²) in [5.41, 5.74) is 0.900. The average molecular weight is 458 g/mol. The SMILES string of the molecule is CCCCOCCCNC(=NC)NCc1ccc(F)c(Cl)c1.I. The van der Waals surface area contributed by atoms with Crippen LogP contribution in [0.3, 0.4) is 0 Å². The molecule has 132 valence electrons. The normalized spacial score (nSPS) is 11.0. The van der Waals surface area contributed by atoms with Gasteiger partial charge >= 0.3 is 0 Å². The molecule has 1 rings (SSSR count). The second-order valence-corrected chi connectivity index (χ2v) is 5.33. The van der Waals surface area contributed by atoms with E-state index >= 15 is 0 Å². The Labute approximate surface area is 160 Å². The van der Waals surface area contributed by atoms with Crippen molar-refractivity contribution in [2.24, 2.45) is 4.99 Å². The van der Waals surface area contributed by atoms with Crippen molar-refractivity contribution in [1.82, 2.24) is 10.6 Å². The van der Waals surface area contributed by atoms with E-state index in [-0.39, 0.29) is 29.0 Å². The Morgan fingerprint density at radius 1 is 1.26 bits per heavy atom. The maximum Gasteiger partial charge on any atom is 0.191 e. The van der Waals surface area contributed by atoms with E-state index in [4.69, 9.17) is 16.3 Å². The highest BCUT2D eigenvalue weighted by molar-refractivity contribution is 14.0. The number of nitrogens with one attached hydrogen (secondary N) is 2. The van der Waals surface area contributed by atoms with Gasteiger partial charge in [-0.3, -0.25) is 4.99 Å². The van der Waals surface area contributed by atoms with Crippen LogP contribution >= 0.6 is 35.6 Å². The summed E-state index contributed by atoms with van der Waals surface area (Å²) in [6, 6.07) is 4.67. The summed E-state index contributed by atoms with van der Waals surface area (Å²) >= 11 is 5.75. The predicted octanol–water partition coefficient (Wildman–Crippen LogP) is 3.97. The Balaban J connectivity index is 0.00000484. The van der Waals surface area contributed by atoms with Gasteiger partial charge in [0.2, 0.25) is 0 Å². The van der Waals surface area contributed by atoms with Crippen LogP contribution in [0.25, 0.3) is 0 Å². The Bertz CT molecular complexity index is 475. The highest BCUT2D eigenvalue weighted by atomic mass is 127. The van der Waals surface area contributed by atoms with E-state index in [1.54, 1.807) is 19.2 Å². The fourth-order valence-corrected chi connectivity index (χ4v) is 1.99. The fraction of sp³-hybridized carbons (Fsp3) is 0.562. The second kappa shape index (κ2) is 13.8. The van der Waals surface area contributed by atoms with Crippen molar-refractivity contribution < 1.29 is 9.13 Å². The van der Waals surface area contributed by atoms with Crippen LogP contribution in [-0.4, -0.2) is 32.8 Å². The topological polar surface area (TPSA) is 45.6 Å². The van der Waals surface area contributed by atoms with Gasteiger partial charge in [0.05, 0.1) is 5.02 Å². The smallest absolute Gasteiger partial charge is 0.191 e. The Kier molecular flexibility index (Phi) is 13.4. The molecule has 7 heteroatoms. The third kappa shape index (κ3) is 9.99. The zero-order valence-electron chi connectivity index (χ0n) is 13.7. The molecular formula is C16H26ClFIN3O. The number of nitrogens with zero attached hydrogens (tertiary/aromatic N) is 1. The quantitative estimate of drug-likeness (QED) is 0.255. The minimum atomic E-state index is -0.406. The second-order valence-electron chi connectivity index (χ2n) is 4.92. The van der Waals surface area contributed by atoms with Crippen LogP contribution in [-0.2, 0) is 11.3 Å². The summed E-state index contributed by atoms with van der Waals surface area (Å²) in [7, 11) is 1.71. The largest absolute Gasteiger partial charge is 0.381 e. The molecule has 0 aliphatic heterocycles. The summed E-state index contributed by atoms with van der Waals surface area (Å²) in [4.78, 5) is 4.14. The molecule has 0 bridgehead atoms. The zero-order valence-corrected chi connectivity index (χ0v) is 16.8. The molecule has 0 atom stereocenters. The van der Waals surface area contributed by atoms with Crippen LogP contribution in [0.2, 0.25) is 5.02 Å². The first-order valence-corrected chi connectivity index (χ1v) is 8.01. The molecule has 0 radical (unpaired) electrons. The maximum atomic E-state index is 13.1. The van der Waals surface area contributed by atoms with Gasteiger partial charge in [-0.2, -0.15) is 0 Å². The summed E-state index contributed by atoms with van der Waals surface area (Å²) < 4.78 is 18.6. The lowest BCUT2D eigenvalue weighted by Crippen LogP contribution is -2.37. The molecule has 0 spiro atoms. The van der Waals surface area contributed by atoms with Crippen molar-refractivity contribution in [3.8, 4) is 0 Å². The lowest BCUT2D eigenvalue weighted by Gasteiger charge is -2.12. The number of aliphatic imine (C=N–C) groups is 1. The molecule has 4 nitrogen and oxygen atoms in total. The average Bonchev–Trinajstić information content (AvgIpc) is 2.52. The number of rotatable bonds is 9. The van der Waals surface area contributed by atoms with E-state index in [0.29, 0.717) is 12.5 Å². The lowest BCUT2D eigenvalue weighted by atomic mass is 10.2. The summed E-state index contributed by atoms with van der Waals surface area (Å²) in [5.74, 6) is 0.296. The third-order valence-corrected chi connectivity index (χ3v) is 3.36. The number of hydrogen-bond acceptors (Lipinski definition) is 2. The molecule has 0 aliphatic carbocycles. The Morgan fingerprint density at radius 3 is 2.65 bits per heavy atom. The molecule has 0 aromatic heterocycles. The van der Waals surface area contributed by atoms with Gasteiger partial charge in [0.25, 0.3) is 0 Å². The number of guanidine groups is 1. The van der Waals surface area contributed by atoms with Crippen molar-refractivity contribution in [3.05, 3.63) is 34.6 Å². The molecule has 0 heterocycles. The predicted molar refractivity (Wildman–Crippen MR) is 105 cm³/mol. The molecule has 0 aliphatic rings. The van der Waals surface area contributed by atoms with E-state index in [1.165, 1.54) is 6.07 Å². The molecule has 0 saturated carbocycles. The molecule has 0 saturated heterocycles. The van der Waals surface area contributed by atoms with E-state index in [0.717, 1.165) is 44.6 Å². The third-order valence-electron chi connectivity index (χ3n) is 3.07. The molecule has 0 fully saturated rings. The highest BCUT2D eigenvalue weighted by Crippen LogP contribution is 2.15. The van der Waals surface area contributed by atoms with Gasteiger partial charge in [-0.1, -0.05) is 31.0 Å². The van der Waals surface area contributed by atoms with E-state index in [9.17, 15) is 4.39 Å². The molecular weight excluding hydrogens is 432 g/mol. The first-order chi connectivity index (χ1) is 10.7. The van der Waals surface area contributed by atoms with Gasteiger partial charge in [-0.15, -0.1) is 24.0 Å². The van der Waals surface area contributed by atoms with Crippen LogP contribution in [0, 0.1) is 5.82 Å². The van der Waals surface area contributed by atoms with Gasteiger partial charge in [0.15, 0.2) is 5.96 Å². The van der Waals surface area contributed by atoms with E-state index in [2.05, 4.69) is 22.5 Å². The lowest BCUT2D eigenvalue weighted by molar-refractivity contribution is 0.129. The molecule has 1 aromatic carbocycles. The number of unbranched alkanes of at least 4 members (excludes halogenated alkanes) is 1. The number of benzene rings is 1. The monoisotopic (exact) mass is 457 g/mol. The van der Waals surface area contributed by atoms with Gasteiger partial charge in [-0.25, -0.2) is 4.39 Å². The van der Waals surface area contributed by atoms with Gasteiger partial charge < -0.3 is 15.4 Å². The van der Waals surface area contributed by atoms with E-state index in [1.807, 2.05) is 0 Å². The minimum absolute atomic E-state index is 0. The van der Waals surface area contributed by atoms with Gasteiger partial charge in [-0.05, 0) is 30.5 Å². The van der Waals surface area contributed by atoms with E-state index < -0.39 is 5.82 Å². The fourth-order valence-electron chi connectivity index (χ4n) is 1.79. The zero-order chi connectivity index (χ0) is 16.2. The number of halogens is 3. The van der Waals surface area contributed by atoms with Gasteiger partial charge in [0.1, 0.15) is 5.82 Å². The first kappa shape index (κ1) is 22.4.